The number of hydrogen-bond acceptors (Lipinski definition) is 3. The summed E-state index contributed by atoms with van der Waals surface area (Å²) in [7, 11) is 0. The van der Waals surface area contributed by atoms with Gasteiger partial charge in [0.15, 0.2) is 0 Å². The van der Waals surface area contributed by atoms with Gasteiger partial charge in [-0.25, -0.2) is 0 Å². The molecule has 0 radical (unpaired) electrons. The smallest absolute Gasteiger partial charge is 0.305 e. The Labute approximate surface area is 98.4 Å². The molecule has 3 N–H and O–H groups in total. The van der Waals surface area contributed by atoms with Crippen molar-refractivity contribution >= 4 is 11.9 Å². The number of aromatic nitrogens is 2. The third kappa shape index (κ3) is 3.58. The summed E-state index contributed by atoms with van der Waals surface area (Å²) in [6, 6.07) is 1.49. The van der Waals surface area contributed by atoms with E-state index < -0.39 is 5.97 Å². The topological polar surface area (TPSA) is 95.1 Å². The summed E-state index contributed by atoms with van der Waals surface area (Å²) in [6.45, 7) is 0. The van der Waals surface area contributed by atoms with Crippen molar-refractivity contribution in [2.24, 2.45) is 5.92 Å². The average molecular weight is 237 g/mol. The number of nitrogens with one attached hydrogen (secondary N) is 2. The van der Waals surface area contributed by atoms with Crippen LogP contribution in [0.1, 0.15) is 25.0 Å². The van der Waals surface area contributed by atoms with Crippen LogP contribution in [-0.2, 0) is 16.0 Å². The van der Waals surface area contributed by atoms with Gasteiger partial charge < -0.3 is 10.4 Å². The second-order valence-electron chi connectivity index (χ2n) is 4.37. The first-order valence-corrected chi connectivity index (χ1v) is 5.64. The van der Waals surface area contributed by atoms with Crippen molar-refractivity contribution in [3.05, 3.63) is 18.0 Å². The number of carbonyl (C=O) groups is 2. The third-order valence-electron chi connectivity index (χ3n) is 2.84. The van der Waals surface area contributed by atoms with E-state index in [9.17, 15) is 9.59 Å². The Bertz CT molecular complexity index is 398. The Balaban J connectivity index is 1.84. The SMILES string of the molecule is O=C(O)CC(NC(=O)Cc1ccn[nH]1)C1CC1. The van der Waals surface area contributed by atoms with Crippen LogP contribution in [0, 0.1) is 5.92 Å². The molecule has 1 heterocycles. The van der Waals surface area contributed by atoms with Crippen molar-refractivity contribution in [3.8, 4) is 0 Å². The highest BCUT2D eigenvalue weighted by Gasteiger charge is 2.33. The maximum Gasteiger partial charge on any atom is 0.305 e. The second kappa shape index (κ2) is 4.99. The Hall–Kier alpha value is -1.85. The lowest BCUT2D eigenvalue weighted by Crippen LogP contribution is -2.39. The number of hydrogen-bond donors (Lipinski definition) is 3. The van der Waals surface area contributed by atoms with Gasteiger partial charge in [-0.2, -0.15) is 5.10 Å². The minimum atomic E-state index is -0.872. The molecule has 1 fully saturated rings. The molecule has 1 aliphatic carbocycles. The molecule has 17 heavy (non-hydrogen) atoms. The summed E-state index contributed by atoms with van der Waals surface area (Å²) in [6.07, 6.45) is 3.80. The first-order chi connectivity index (χ1) is 8.15. The molecule has 0 spiro atoms. The fourth-order valence-electron chi connectivity index (χ4n) is 1.84. The zero-order chi connectivity index (χ0) is 12.3. The highest BCUT2D eigenvalue weighted by molar-refractivity contribution is 5.79. The molecule has 1 saturated carbocycles. The van der Waals surface area contributed by atoms with Crippen molar-refractivity contribution in [3.63, 3.8) is 0 Å². The van der Waals surface area contributed by atoms with E-state index in [0.717, 1.165) is 18.5 Å². The lowest BCUT2D eigenvalue weighted by molar-refractivity contribution is -0.137. The minimum Gasteiger partial charge on any atom is -0.481 e. The van der Waals surface area contributed by atoms with Crippen LogP contribution in [0.5, 0.6) is 0 Å². The third-order valence-corrected chi connectivity index (χ3v) is 2.84. The van der Waals surface area contributed by atoms with E-state index in [0.29, 0.717) is 5.92 Å². The molecule has 0 aromatic carbocycles. The first kappa shape index (κ1) is 11.6. The van der Waals surface area contributed by atoms with E-state index in [-0.39, 0.29) is 24.8 Å². The number of aromatic amines is 1. The molecule has 1 amide bonds. The van der Waals surface area contributed by atoms with Crippen molar-refractivity contribution in [2.75, 3.05) is 0 Å². The van der Waals surface area contributed by atoms with Crippen molar-refractivity contribution < 1.29 is 14.7 Å². The summed E-state index contributed by atoms with van der Waals surface area (Å²) in [5.41, 5.74) is 0.729. The van der Waals surface area contributed by atoms with E-state index in [1.807, 2.05) is 0 Å². The molecular weight excluding hydrogens is 222 g/mol. The Kier molecular flexibility index (Phi) is 3.41. The van der Waals surface area contributed by atoms with Gasteiger partial charge in [0.05, 0.1) is 12.8 Å². The number of carbonyl (C=O) groups excluding carboxylic acids is 1. The van der Waals surface area contributed by atoms with Gasteiger partial charge in [-0.3, -0.25) is 14.7 Å². The number of carboxylic acid groups (broad SMARTS) is 1. The fourth-order valence-corrected chi connectivity index (χ4v) is 1.84. The van der Waals surface area contributed by atoms with Crippen LogP contribution in [0.4, 0.5) is 0 Å². The minimum absolute atomic E-state index is 0.000612. The number of carboxylic acids is 1. The van der Waals surface area contributed by atoms with E-state index in [4.69, 9.17) is 5.11 Å². The lowest BCUT2D eigenvalue weighted by atomic mass is 10.1. The van der Waals surface area contributed by atoms with Gasteiger partial charge in [-0.15, -0.1) is 0 Å². The average Bonchev–Trinajstić information content (AvgIpc) is 2.97. The highest BCUT2D eigenvalue weighted by atomic mass is 16.4. The second-order valence-corrected chi connectivity index (χ2v) is 4.37. The molecule has 1 atom stereocenters. The molecular formula is C11H15N3O3. The van der Waals surface area contributed by atoms with Gasteiger partial charge in [0, 0.05) is 17.9 Å². The summed E-state index contributed by atoms with van der Waals surface area (Å²) in [5, 5.41) is 18.0. The quantitative estimate of drug-likeness (QED) is 0.664. The standard InChI is InChI=1S/C11H15N3O3/c15-10(5-8-3-4-12-14-8)13-9(6-11(16)17)7-1-2-7/h3-4,7,9H,1-2,5-6H2,(H,12,14)(H,13,15)(H,16,17). The summed E-state index contributed by atoms with van der Waals surface area (Å²) in [4.78, 5) is 22.4. The Morgan fingerprint density at radius 2 is 2.35 bits per heavy atom. The van der Waals surface area contributed by atoms with E-state index >= 15 is 0 Å². The lowest BCUT2D eigenvalue weighted by Gasteiger charge is -2.15. The predicted octanol–water partition coefficient (Wildman–Crippen LogP) is 0.322. The van der Waals surface area contributed by atoms with Crippen molar-refractivity contribution in [2.45, 2.75) is 31.7 Å². The summed E-state index contributed by atoms with van der Waals surface area (Å²) < 4.78 is 0. The van der Waals surface area contributed by atoms with Crippen LogP contribution in [0.2, 0.25) is 0 Å². The van der Waals surface area contributed by atoms with Crippen molar-refractivity contribution in [1.82, 2.24) is 15.5 Å². The maximum atomic E-state index is 11.7. The zero-order valence-corrected chi connectivity index (χ0v) is 9.35. The Morgan fingerprint density at radius 3 is 2.88 bits per heavy atom. The van der Waals surface area contributed by atoms with Gasteiger partial charge in [0.1, 0.15) is 0 Å². The van der Waals surface area contributed by atoms with Crippen molar-refractivity contribution in [1.29, 1.82) is 0 Å². The first-order valence-electron chi connectivity index (χ1n) is 5.64. The summed E-state index contributed by atoms with van der Waals surface area (Å²) in [5.74, 6) is -0.701. The van der Waals surface area contributed by atoms with Crippen LogP contribution in [0.15, 0.2) is 12.3 Å². The molecule has 2 rings (SSSR count). The van der Waals surface area contributed by atoms with Crippen LogP contribution in [0.25, 0.3) is 0 Å². The largest absolute Gasteiger partial charge is 0.481 e. The van der Waals surface area contributed by atoms with Crippen LogP contribution >= 0.6 is 0 Å². The summed E-state index contributed by atoms with van der Waals surface area (Å²) >= 11 is 0. The Morgan fingerprint density at radius 1 is 1.59 bits per heavy atom. The molecule has 6 heteroatoms. The predicted molar refractivity (Wildman–Crippen MR) is 59.2 cm³/mol. The van der Waals surface area contributed by atoms with Crippen LogP contribution in [0.3, 0.4) is 0 Å². The fraction of sp³-hybridized carbons (Fsp3) is 0.545. The number of H-pyrrole nitrogens is 1. The van der Waals surface area contributed by atoms with E-state index in [2.05, 4.69) is 15.5 Å². The molecule has 1 unspecified atom stereocenters. The van der Waals surface area contributed by atoms with Crippen LogP contribution < -0.4 is 5.32 Å². The van der Waals surface area contributed by atoms with Gasteiger partial charge in [0.2, 0.25) is 5.91 Å². The number of aliphatic carboxylic acids is 1. The number of nitrogens with zero attached hydrogens (tertiary/aromatic N) is 1. The van der Waals surface area contributed by atoms with Gasteiger partial charge in [-0.05, 0) is 24.8 Å². The van der Waals surface area contributed by atoms with Gasteiger partial charge in [-0.1, -0.05) is 0 Å². The zero-order valence-electron chi connectivity index (χ0n) is 9.35. The highest BCUT2D eigenvalue weighted by Crippen LogP contribution is 2.34. The molecule has 0 aliphatic heterocycles. The van der Waals surface area contributed by atoms with Gasteiger partial charge >= 0.3 is 5.97 Å². The number of amides is 1. The molecule has 0 saturated heterocycles. The number of rotatable bonds is 6. The molecule has 1 aromatic rings. The normalized spacial score (nSPS) is 16.5. The molecule has 92 valence electrons. The monoisotopic (exact) mass is 237 g/mol. The van der Waals surface area contributed by atoms with Gasteiger partial charge in [0.25, 0.3) is 0 Å². The van der Waals surface area contributed by atoms with Crippen LogP contribution in [-0.4, -0.2) is 33.2 Å². The molecule has 0 bridgehead atoms. The molecule has 1 aromatic heterocycles. The molecule has 6 nitrogen and oxygen atoms in total. The molecule has 1 aliphatic rings. The van der Waals surface area contributed by atoms with E-state index in [1.54, 1.807) is 12.3 Å². The van der Waals surface area contributed by atoms with E-state index in [1.165, 1.54) is 0 Å². The maximum absolute atomic E-state index is 11.7.